The van der Waals surface area contributed by atoms with Crippen LogP contribution in [0, 0.1) is 12.7 Å². The van der Waals surface area contributed by atoms with Gasteiger partial charge in [-0.1, -0.05) is 6.07 Å². The Morgan fingerprint density at radius 1 is 1.29 bits per heavy atom. The highest BCUT2D eigenvalue weighted by molar-refractivity contribution is 5.74. The number of halogens is 1. The van der Waals surface area contributed by atoms with Gasteiger partial charge in [0.15, 0.2) is 11.6 Å². The van der Waals surface area contributed by atoms with Crippen molar-refractivity contribution in [3.8, 4) is 16.9 Å². The molecule has 4 heteroatoms. The predicted molar refractivity (Wildman–Crippen MR) is 65.3 cm³/mol. The minimum Gasteiger partial charge on any atom is -0.494 e. The highest BCUT2D eigenvalue weighted by atomic mass is 19.1. The second kappa shape index (κ2) is 4.41. The molecule has 1 heterocycles. The fraction of sp³-hybridized carbons (Fsp3) is 0.154. The molecule has 3 nitrogen and oxygen atoms in total. The highest BCUT2D eigenvalue weighted by Crippen LogP contribution is 2.28. The Kier molecular flexibility index (Phi) is 2.95. The smallest absolute Gasteiger partial charge is 0.165 e. The largest absolute Gasteiger partial charge is 0.494 e. The Balaban J connectivity index is 2.53. The summed E-state index contributed by atoms with van der Waals surface area (Å²) in [5.41, 5.74) is 8.17. The molecule has 0 amide bonds. The van der Waals surface area contributed by atoms with E-state index in [1.807, 2.05) is 13.0 Å². The molecule has 17 heavy (non-hydrogen) atoms. The number of methoxy groups -OCH3 is 1. The van der Waals surface area contributed by atoms with Crippen LogP contribution in [-0.2, 0) is 0 Å². The van der Waals surface area contributed by atoms with Crippen molar-refractivity contribution in [2.75, 3.05) is 12.8 Å². The lowest BCUT2D eigenvalue weighted by Crippen LogP contribution is -1.95. The van der Waals surface area contributed by atoms with Crippen molar-refractivity contribution in [3.63, 3.8) is 0 Å². The van der Waals surface area contributed by atoms with Crippen LogP contribution in [0.1, 0.15) is 5.56 Å². The molecule has 0 saturated heterocycles. The van der Waals surface area contributed by atoms with Crippen LogP contribution in [0.3, 0.4) is 0 Å². The van der Waals surface area contributed by atoms with Crippen LogP contribution >= 0.6 is 0 Å². The van der Waals surface area contributed by atoms with Gasteiger partial charge in [0.25, 0.3) is 0 Å². The second-order valence-electron chi connectivity index (χ2n) is 3.79. The number of anilines is 1. The van der Waals surface area contributed by atoms with Crippen LogP contribution in [0.5, 0.6) is 5.75 Å². The number of ether oxygens (including phenoxy) is 1. The molecule has 2 aromatic rings. The zero-order valence-corrected chi connectivity index (χ0v) is 9.70. The number of aryl methyl sites for hydroxylation is 1. The lowest BCUT2D eigenvalue weighted by molar-refractivity contribution is 0.386. The summed E-state index contributed by atoms with van der Waals surface area (Å²) in [5.74, 6) is 0.194. The Bertz CT molecular complexity index is 555. The van der Waals surface area contributed by atoms with E-state index >= 15 is 0 Å². The van der Waals surface area contributed by atoms with Gasteiger partial charge in [-0.2, -0.15) is 0 Å². The first-order valence-corrected chi connectivity index (χ1v) is 5.18. The number of rotatable bonds is 2. The number of nitrogens with zero attached hydrogens (tertiary/aromatic N) is 1. The fourth-order valence-corrected chi connectivity index (χ4v) is 1.64. The number of benzene rings is 1. The van der Waals surface area contributed by atoms with Gasteiger partial charge in [-0.3, -0.25) is 0 Å². The first-order valence-electron chi connectivity index (χ1n) is 5.18. The van der Waals surface area contributed by atoms with E-state index in [1.165, 1.54) is 13.2 Å². The van der Waals surface area contributed by atoms with E-state index in [1.54, 1.807) is 18.3 Å². The number of nitrogen functional groups attached to an aromatic ring is 1. The number of aromatic nitrogens is 1. The molecule has 0 saturated carbocycles. The standard InChI is InChI=1S/C13H13FN2O/c1-8-5-10(13(15)16-7-8)9-3-4-12(17-2)11(14)6-9/h3-7H,1-2H3,(H2,15,16). The summed E-state index contributed by atoms with van der Waals surface area (Å²) in [7, 11) is 1.43. The number of hydrogen-bond donors (Lipinski definition) is 1. The zero-order valence-electron chi connectivity index (χ0n) is 9.70. The molecule has 0 unspecified atom stereocenters. The first-order chi connectivity index (χ1) is 8.11. The summed E-state index contributed by atoms with van der Waals surface area (Å²) in [4.78, 5) is 4.05. The van der Waals surface area contributed by atoms with Crippen molar-refractivity contribution in [2.24, 2.45) is 0 Å². The third-order valence-electron chi connectivity index (χ3n) is 2.52. The molecule has 1 aromatic heterocycles. The molecule has 0 spiro atoms. The third kappa shape index (κ3) is 2.20. The topological polar surface area (TPSA) is 48.1 Å². The van der Waals surface area contributed by atoms with Crippen LogP contribution in [0.25, 0.3) is 11.1 Å². The van der Waals surface area contributed by atoms with Crippen molar-refractivity contribution >= 4 is 5.82 Å². The Morgan fingerprint density at radius 2 is 2.06 bits per heavy atom. The van der Waals surface area contributed by atoms with Crippen LogP contribution in [0.4, 0.5) is 10.2 Å². The molecule has 0 aliphatic heterocycles. The Morgan fingerprint density at radius 3 is 2.71 bits per heavy atom. The lowest BCUT2D eigenvalue weighted by Gasteiger charge is -2.08. The number of pyridine rings is 1. The van der Waals surface area contributed by atoms with E-state index in [2.05, 4.69) is 4.98 Å². The lowest BCUT2D eigenvalue weighted by atomic mass is 10.0. The number of nitrogens with two attached hydrogens (primary N) is 1. The van der Waals surface area contributed by atoms with Gasteiger partial charge in [-0.05, 0) is 36.2 Å². The van der Waals surface area contributed by atoms with Crippen molar-refractivity contribution in [1.82, 2.24) is 4.98 Å². The van der Waals surface area contributed by atoms with Crippen molar-refractivity contribution in [3.05, 3.63) is 41.8 Å². The summed E-state index contributed by atoms with van der Waals surface area (Å²) < 4.78 is 18.5. The molecular formula is C13H13FN2O. The minimum absolute atomic E-state index is 0.216. The normalized spacial score (nSPS) is 10.3. The van der Waals surface area contributed by atoms with Crippen LogP contribution in [0.2, 0.25) is 0 Å². The van der Waals surface area contributed by atoms with Crippen molar-refractivity contribution < 1.29 is 9.13 Å². The van der Waals surface area contributed by atoms with Gasteiger partial charge in [-0.15, -0.1) is 0 Å². The zero-order chi connectivity index (χ0) is 12.4. The maximum atomic E-state index is 13.6. The highest BCUT2D eigenvalue weighted by Gasteiger charge is 2.08. The summed E-state index contributed by atoms with van der Waals surface area (Å²) >= 11 is 0. The van der Waals surface area contributed by atoms with Gasteiger partial charge >= 0.3 is 0 Å². The maximum Gasteiger partial charge on any atom is 0.165 e. The molecule has 0 aliphatic rings. The molecule has 0 aliphatic carbocycles. The Hall–Kier alpha value is -2.10. The quantitative estimate of drug-likeness (QED) is 0.866. The van der Waals surface area contributed by atoms with Crippen molar-refractivity contribution in [2.45, 2.75) is 6.92 Å². The predicted octanol–water partition coefficient (Wildman–Crippen LogP) is 2.79. The fourth-order valence-electron chi connectivity index (χ4n) is 1.64. The van der Waals surface area contributed by atoms with Gasteiger partial charge in [0, 0.05) is 11.8 Å². The van der Waals surface area contributed by atoms with Gasteiger partial charge in [0.05, 0.1) is 7.11 Å². The molecule has 1 aromatic carbocycles. The summed E-state index contributed by atoms with van der Waals surface area (Å²) in [5, 5.41) is 0. The molecule has 0 fully saturated rings. The van der Waals surface area contributed by atoms with E-state index in [0.29, 0.717) is 11.4 Å². The van der Waals surface area contributed by atoms with Gasteiger partial charge < -0.3 is 10.5 Å². The van der Waals surface area contributed by atoms with E-state index in [9.17, 15) is 4.39 Å². The molecule has 2 rings (SSSR count). The molecule has 2 N–H and O–H groups in total. The van der Waals surface area contributed by atoms with Crippen molar-refractivity contribution in [1.29, 1.82) is 0 Å². The first kappa shape index (κ1) is 11.4. The van der Waals surface area contributed by atoms with Gasteiger partial charge in [0.2, 0.25) is 0 Å². The monoisotopic (exact) mass is 232 g/mol. The summed E-state index contributed by atoms with van der Waals surface area (Å²) in [6.07, 6.45) is 1.68. The average Bonchev–Trinajstić information content (AvgIpc) is 2.32. The molecule has 0 radical (unpaired) electrons. The van der Waals surface area contributed by atoms with Gasteiger partial charge in [0.1, 0.15) is 5.82 Å². The van der Waals surface area contributed by atoms with Crippen LogP contribution in [0.15, 0.2) is 30.5 Å². The van der Waals surface area contributed by atoms with Gasteiger partial charge in [-0.25, -0.2) is 9.37 Å². The van der Waals surface area contributed by atoms with E-state index < -0.39 is 5.82 Å². The average molecular weight is 232 g/mol. The van der Waals surface area contributed by atoms with Crippen LogP contribution < -0.4 is 10.5 Å². The summed E-state index contributed by atoms with van der Waals surface area (Å²) in [6, 6.07) is 6.61. The molecule has 0 bridgehead atoms. The Labute approximate surface area is 99.1 Å². The summed E-state index contributed by atoms with van der Waals surface area (Å²) in [6.45, 7) is 1.91. The third-order valence-corrected chi connectivity index (χ3v) is 2.52. The number of hydrogen-bond acceptors (Lipinski definition) is 3. The SMILES string of the molecule is COc1ccc(-c2cc(C)cnc2N)cc1F. The minimum atomic E-state index is -0.411. The maximum absolute atomic E-state index is 13.6. The van der Waals surface area contributed by atoms with E-state index in [0.717, 1.165) is 11.1 Å². The second-order valence-corrected chi connectivity index (χ2v) is 3.79. The molecular weight excluding hydrogens is 219 g/mol. The van der Waals surface area contributed by atoms with Crippen LogP contribution in [-0.4, -0.2) is 12.1 Å². The molecule has 88 valence electrons. The molecule has 0 atom stereocenters. The van der Waals surface area contributed by atoms with E-state index in [4.69, 9.17) is 10.5 Å². The van der Waals surface area contributed by atoms with E-state index in [-0.39, 0.29) is 5.75 Å².